The van der Waals surface area contributed by atoms with Gasteiger partial charge in [0.15, 0.2) is 6.29 Å². The first-order valence-corrected chi connectivity index (χ1v) is 3.50. The zero-order chi connectivity index (χ0) is 7.49. The zero-order valence-electron chi connectivity index (χ0n) is 5.07. The van der Waals surface area contributed by atoms with Gasteiger partial charge < -0.3 is 4.74 Å². The molecule has 0 radical (unpaired) electrons. The first-order chi connectivity index (χ1) is 3.95. The first kappa shape index (κ1) is 8.83. The molecule has 0 aromatic rings. The first-order valence-electron chi connectivity index (χ1n) is 2.14. The van der Waals surface area contributed by atoms with E-state index < -0.39 is 16.7 Å². The van der Waals surface area contributed by atoms with Crippen LogP contribution in [0.15, 0.2) is 0 Å². The number of methoxy groups -OCH3 is 1. The summed E-state index contributed by atoms with van der Waals surface area (Å²) in [6, 6.07) is 0. The van der Waals surface area contributed by atoms with E-state index in [0.717, 1.165) is 0 Å². The van der Waals surface area contributed by atoms with Gasteiger partial charge in [0.1, 0.15) is 0 Å². The van der Waals surface area contributed by atoms with Crippen molar-refractivity contribution in [2.75, 3.05) is 7.11 Å². The Kier molecular flexibility index (Phi) is 3.06. The van der Waals surface area contributed by atoms with E-state index in [1.54, 1.807) is 0 Å². The molecule has 0 bridgehead atoms. The van der Waals surface area contributed by atoms with Crippen LogP contribution in [0.5, 0.6) is 0 Å². The lowest BCUT2D eigenvalue weighted by molar-refractivity contribution is -0.0400. The molecule has 0 aliphatic carbocycles. The highest BCUT2D eigenvalue weighted by Crippen LogP contribution is 1.95. The normalized spacial score (nSPS) is 15.4. The third-order valence-corrected chi connectivity index (χ3v) is 1.10. The molecule has 9 heavy (non-hydrogen) atoms. The Morgan fingerprint density at radius 1 is 1.56 bits per heavy atom. The van der Waals surface area contributed by atoms with Gasteiger partial charge >= 0.3 is 10.4 Å². The Morgan fingerprint density at radius 2 is 2.00 bits per heavy atom. The predicted octanol–water partition coefficient (Wildman–Crippen LogP) is -0.202. The summed E-state index contributed by atoms with van der Waals surface area (Å²) in [4.78, 5) is 0. The minimum atomic E-state index is -4.36. The van der Waals surface area contributed by atoms with Gasteiger partial charge in [0.05, 0.1) is 0 Å². The average Bonchev–Trinajstić information content (AvgIpc) is 1.62. The lowest BCUT2D eigenvalue weighted by Crippen LogP contribution is -2.15. The molecular formula is C3H8O5S. The lowest BCUT2D eigenvalue weighted by Gasteiger charge is -2.05. The van der Waals surface area contributed by atoms with Crippen LogP contribution in [0.1, 0.15) is 6.92 Å². The second-order valence-corrected chi connectivity index (χ2v) is 2.38. The van der Waals surface area contributed by atoms with E-state index in [2.05, 4.69) is 8.92 Å². The molecule has 1 N–H and O–H groups in total. The van der Waals surface area contributed by atoms with Crippen molar-refractivity contribution >= 4 is 10.4 Å². The third kappa shape index (κ3) is 5.71. The molecule has 0 aliphatic rings. The van der Waals surface area contributed by atoms with Crippen molar-refractivity contribution in [3.8, 4) is 0 Å². The van der Waals surface area contributed by atoms with Crippen molar-refractivity contribution < 1.29 is 21.9 Å². The lowest BCUT2D eigenvalue weighted by atomic mass is 10.8. The molecule has 0 saturated carbocycles. The molecule has 0 aliphatic heterocycles. The molecule has 6 heteroatoms. The van der Waals surface area contributed by atoms with Crippen LogP contribution in [0.3, 0.4) is 0 Å². The van der Waals surface area contributed by atoms with Gasteiger partial charge in [-0.1, -0.05) is 0 Å². The van der Waals surface area contributed by atoms with E-state index in [0.29, 0.717) is 0 Å². The smallest absolute Gasteiger partial charge is 0.355 e. The summed E-state index contributed by atoms with van der Waals surface area (Å²) < 4.78 is 36.0. The number of hydrogen-bond donors (Lipinski definition) is 1. The Balaban J connectivity index is 3.75. The SMILES string of the molecule is COC(C)OS(=O)(=O)O. The molecule has 1 atom stereocenters. The van der Waals surface area contributed by atoms with Crippen LogP contribution in [0.4, 0.5) is 0 Å². The molecule has 0 aromatic carbocycles. The van der Waals surface area contributed by atoms with Crippen LogP contribution < -0.4 is 0 Å². The monoisotopic (exact) mass is 156 g/mol. The van der Waals surface area contributed by atoms with Gasteiger partial charge in [-0.25, -0.2) is 4.18 Å². The van der Waals surface area contributed by atoms with E-state index in [4.69, 9.17) is 4.55 Å². The highest BCUT2D eigenvalue weighted by Gasteiger charge is 2.09. The molecule has 5 nitrogen and oxygen atoms in total. The molecule has 0 fully saturated rings. The Bertz CT molecular complexity index is 159. The molecule has 0 heterocycles. The van der Waals surface area contributed by atoms with E-state index in [-0.39, 0.29) is 0 Å². The molecule has 0 spiro atoms. The molecule has 0 amide bonds. The van der Waals surface area contributed by atoms with Crippen molar-refractivity contribution in [1.29, 1.82) is 0 Å². The molecule has 0 saturated heterocycles. The van der Waals surface area contributed by atoms with Crippen LogP contribution in [0.2, 0.25) is 0 Å². The van der Waals surface area contributed by atoms with E-state index in [1.165, 1.54) is 14.0 Å². The van der Waals surface area contributed by atoms with Crippen molar-refractivity contribution in [3.63, 3.8) is 0 Å². The van der Waals surface area contributed by atoms with Crippen molar-refractivity contribution in [2.24, 2.45) is 0 Å². The quantitative estimate of drug-likeness (QED) is 0.452. The standard InChI is InChI=1S/C3H8O5S/c1-3(7-2)8-9(4,5)6/h3H,1-2H3,(H,4,5,6). The summed E-state index contributed by atoms with van der Waals surface area (Å²) in [5.41, 5.74) is 0. The maximum absolute atomic E-state index is 9.85. The van der Waals surface area contributed by atoms with Gasteiger partial charge in [0.25, 0.3) is 0 Å². The average molecular weight is 156 g/mol. The summed E-state index contributed by atoms with van der Waals surface area (Å²) in [7, 11) is -3.10. The summed E-state index contributed by atoms with van der Waals surface area (Å²) in [6.07, 6.45) is -0.944. The highest BCUT2D eigenvalue weighted by molar-refractivity contribution is 7.80. The Hall–Kier alpha value is -0.170. The molecule has 0 rings (SSSR count). The largest absolute Gasteiger partial charge is 0.399 e. The summed E-state index contributed by atoms with van der Waals surface area (Å²) in [5, 5.41) is 0. The third-order valence-electron chi connectivity index (χ3n) is 0.589. The van der Waals surface area contributed by atoms with Gasteiger partial charge in [-0.2, -0.15) is 8.42 Å². The van der Waals surface area contributed by atoms with Crippen molar-refractivity contribution in [3.05, 3.63) is 0 Å². The topological polar surface area (TPSA) is 72.8 Å². The maximum Gasteiger partial charge on any atom is 0.399 e. The van der Waals surface area contributed by atoms with Crippen molar-refractivity contribution in [1.82, 2.24) is 0 Å². The molecule has 1 unspecified atom stereocenters. The number of hydrogen-bond acceptors (Lipinski definition) is 4. The van der Waals surface area contributed by atoms with Crippen LogP contribution in [-0.4, -0.2) is 26.4 Å². The Morgan fingerprint density at radius 3 is 2.11 bits per heavy atom. The zero-order valence-corrected chi connectivity index (χ0v) is 5.88. The van der Waals surface area contributed by atoms with E-state index in [1.807, 2.05) is 0 Å². The minimum Gasteiger partial charge on any atom is -0.355 e. The predicted molar refractivity (Wildman–Crippen MR) is 29.1 cm³/mol. The van der Waals surface area contributed by atoms with Gasteiger partial charge in [-0.15, -0.1) is 0 Å². The fourth-order valence-corrected chi connectivity index (χ4v) is 0.632. The number of ether oxygens (including phenoxy) is 1. The van der Waals surface area contributed by atoms with E-state index in [9.17, 15) is 8.42 Å². The second kappa shape index (κ2) is 3.11. The molecule has 0 aromatic heterocycles. The van der Waals surface area contributed by atoms with Gasteiger partial charge in [-0.05, 0) is 6.92 Å². The number of rotatable bonds is 3. The summed E-state index contributed by atoms with van der Waals surface area (Å²) in [6.45, 7) is 1.34. The summed E-state index contributed by atoms with van der Waals surface area (Å²) in [5.74, 6) is 0. The van der Waals surface area contributed by atoms with Gasteiger partial charge in [-0.3, -0.25) is 4.55 Å². The molecule has 56 valence electrons. The maximum atomic E-state index is 9.85. The van der Waals surface area contributed by atoms with Crippen LogP contribution >= 0.6 is 0 Å². The van der Waals surface area contributed by atoms with Gasteiger partial charge in [0, 0.05) is 7.11 Å². The van der Waals surface area contributed by atoms with Crippen LogP contribution in [-0.2, 0) is 19.3 Å². The second-order valence-electron chi connectivity index (χ2n) is 1.33. The minimum absolute atomic E-state index is 0.944. The fraction of sp³-hybridized carbons (Fsp3) is 1.00. The Labute approximate surface area is 53.5 Å². The van der Waals surface area contributed by atoms with E-state index >= 15 is 0 Å². The summed E-state index contributed by atoms with van der Waals surface area (Å²) >= 11 is 0. The van der Waals surface area contributed by atoms with Crippen LogP contribution in [0.25, 0.3) is 0 Å². The van der Waals surface area contributed by atoms with Crippen molar-refractivity contribution in [2.45, 2.75) is 13.2 Å². The van der Waals surface area contributed by atoms with Gasteiger partial charge in [0.2, 0.25) is 0 Å². The van der Waals surface area contributed by atoms with Crippen LogP contribution in [0, 0.1) is 0 Å². The molecular weight excluding hydrogens is 148 g/mol. The highest BCUT2D eigenvalue weighted by atomic mass is 32.3. The fourth-order valence-electron chi connectivity index (χ4n) is 0.211.